The van der Waals surface area contributed by atoms with E-state index in [1.807, 2.05) is 0 Å². The van der Waals surface area contributed by atoms with Crippen molar-refractivity contribution in [2.24, 2.45) is 11.8 Å². The monoisotopic (exact) mass is 290 g/mol. The van der Waals surface area contributed by atoms with Gasteiger partial charge in [0.1, 0.15) is 5.54 Å². The Morgan fingerprint density at radius 3 is 2.21 bits per heavy atom. The van der Waals surface area contributed by atoms with Gasteiger partial charge < -0.3 is 5.11 Å². The molecule has 1 atom stereocenters. The first kappa shape index (κ1) is 14.7. The number of carboxylic acids is 1. The molecule has 0 amide bonds. The molecule has 0 aromatic carbocycles. The van der Waals surface area contributed by atoms with Crippen LogP contribution in [-0.4, -0.2) is 42.4 Å². The molecule has 2 N–H and O–H groups in total. The summed E-state index contributed by atoms with van der Waals surface area (Å²) in [5.41, 5.74) is -1.37. The lowest BCUT2D eigenvalue weighted by molar-refractivity contribution is -0.144. The summed E-state index contributed by atoms with van der Waals surface area (Å²) < 4.78 is 28.4. The zero-order chi connectivity index (χ0) is 14.3. The van der Waals surface area contributed by atoms with Crippen LogP contribution in [0.15, 0.2) is 0 Å². The summed E-state index contributed by atoms with van der Waals surface area (Å²) in [6, 6.07) is 0. The van der Waals surface area contributed by atoms with Gasteiger partial charge in [-0.3, -0.25) is 4.79 Å². The van der Waals surface area contributed by atoms with E-state index in [0.717, 1.165) is 25.7 Å². The third-order valence-electron chi connectivity index (χ3n) is 4.26. The van der Waals surface area contributed by atoms with E-state index >= 15 is 0 Å². The first-order valence-corrected chi connectivity index (χ1v) is 8.22. The van der Waals surface area contributed by atoms with Crippen molar-refractivity contribution in [3.05, 3.63) is 0 Å². The van der Waals surface area contributed by atoms with Crippen LogP contribution >= 0.6 is 0 Å². The molecule has 0 aromatic heterocycles. The number of nitrogens with one attached hydrogen (secondary N) is 1. The Bertz CT molecular complexity index is 452. The molecule has 1 saturated carbocycles. The highest BCUT2D eigenvalue weighted by molar-refractivity contribution is 7.87. The van der Waals surface area contributed by atoms with Gasteiger partial charge in [0.15, 0.2) is 0 Å². The number of hydrogen-bond acceptors (Lipinski definition) is 3. The quantitative estimate of drug-likeness (QED) is 0.784. The number of nitrogens with zero attached hydrogens (tertiary/aromatic N) is 1. The first-order chi connectivity index (χ1) is 8.75. The lowest BCUT2D eigenvalue weighted by Crippen LogP contribution is -2.58. The minimum atomic E-state index is -3.71. The Balaban J connectivity index is 2.09. The van der Waals surface area contributed by atoms with E-state index in [4.69, 9.17) is 0 Å². The molecule has 2 fully saturated rings. The van der Waals surface area contributed by atoms with Gasteiger partial charge in [-0.15, -0.1) is 0 Å². The number of aliphatic carboxylic acids is 1. The van der Waals surface area contributed by atoms with E-state index in [2.05, 4.69) is 11.6 Å². The second-order valence-corrected chi connectivity index (χ2v) is 7.64. The third kappa shape index (κ3) is 3.09. The normalized spacial score (nSPS) is 26.0. The van der Waals surface area contributed by atoms with Crippen molar-refractivity contribution in [1.82, 2.24) is 9.03 Å². The average molecular weight is 290 g/mol. The Labute approximate surface area is 114 Å². The Kier molecular flexibility index (Phi) is 3.90. The molecule has 1 aliphatic heterocycles. The highest BCUT2D eigenvalue weighted by Gasteiger charge is 2.50. The van der Waals surface area contributed by atoms with Crippen LogP contribution < -0.4 is 4.72 Å². The maximum absolute atomic E-state index is 12.3. The summed E-state index contributed by atoms with van der Waals surface area (Å²) in [6.07, 6.45) is 3.19. The van der Waals surface area contributed by atoms with Crippen LogP contribution in [0.25, 0.3) is 0 Å². The van der Waals surface area contributed by atoms with Gasteiger partial charge >= 0.3 is 5.97 Å². The third-order valence-corrected chi connectivity index (χ3v) is 5.99. The van der Waals surface area contributed by atoms with Gasteiger partial charge in [-0.1, -0.05) is 6.92 Å². The van der Waals surface area contributed by atoms with Crippen LogP contribution in [0.3, 0.4) is 0 Å². The van der Waals surface area contributed by atoms with Gasteiger partial charge in [-0.25, -0.2) is 0 Å². The van der Waals surface area contributed by atoms with Crippen molar-refractivity contribution in [2.45, 2.75) is 45.1 Å². The molecule has 0 spiro atoms. The van der Waals surface area contributed by atoms with Crippen molar-refractivity contribution in [3.63, 3.8) is 0 Å². The lowest BCUT2D eigenvalue weighted by Gasteiger charge is -2.33. The molecule has 0 aromatic rings. The molecule has 1 unspecified atom stereocenters. The SMILES string of the molecule is CC1CCN(S(=O)(=O)NC(C)(C(=O)O)C2CC2)CC1. The van der Waals surface area contributed by atoms with Crippen LogP contribution in [0.5, 0.6) is 0 Å². The van der Waals surface area contributed by atoms with Crippen LogP contribution in [0, 0.1) is 11.8 Å². The highest BCUT2D eigenvalue weighted by Crippen LogP contribution is 2.40. The number of carboxylic acid groups (broad SMARTS) is 1. The molecular formula is C12H22N2O4S. The minimum absolute atomic E-state index is 0.0940. The predicted molar refractivity (Wildman–Crippen MR) is 70.8 cm³/mol. The summed E-state index contributed by atoms with van der Waals surface area (Å²) in [7, 11) is -3.71. The lowest BCUT2D eigenvalue weighted by atomic mass is 9.98. The maximum Gasteiger partial charge on any atom is 0.324 e. The minimum Gasteiger partial charge on any atom is -0.480 e. The molecule has 2 rings (SSSR count). The molecule has 1 saturated heterocycles. The predicted octanol–water partition coefficient (Wildman–Crippen LogP) is 0.806. The molecule has 0 radical (unpaired) electrons. The van der Waals surface area contributed by atoms with Crippen molar-refractivity contribution in [1.29, 1.82) is 0 Å². The zero-order valence-electron chi connectivity index (χ0n) is 11.4. The van der Waals surface area contributed by atoms with Crippen molar-refractivity contribution in [3.8, 4) is 0 Å². The van der Waals surface area contributed by atoms with Gasteiger partial charge in [0, 0.05) is 13.1 Å². The second-order valence-electron chi connectivity index (χ2n) is 5.97. The summed E-state index contributed by atoms with van der Waals surface area (Å²) in [5, 5.41) is 9.30. The van der Waals surface area contributed by atoms with Crippen molar-refractivity contribution >= 4 is 16.2 Å². The van der Waals surface area contributed by atoms with E-state index < -0.39 is 21.7 Å². The second kappa shape index (κ2) is 5.03. The Morgan fingerprint density at radius 1 is 1.26 bits per heavy atom. The van der Waals surface area contributed by atoms with Crippen LogP contribution in [0.4, 0.5) is 0 Å². The molecule has 7 heteroatoms. The molecule has 110 valence electrons. The molecular weight excluding hydrogens is 268 g/mol. The standard InChI is InChI=1S/C12H22N2O4S/c1-9-5-7-14(8-6-9)19(17,18)13-12(2,11(15)16)10-3-4-10/h9-10,13H,3-8H2,1-2H3,(H,15,16). The molecule has 6 nitrogen and oxygen atoms in total. The molecule has 1 aliphatic carbocycles. The molecule has 19 heavy (non-hydrogen) atoms. The molecule has 2 aliphatic rings. The highest BCUT2D eigenvalue weighted by atomic mass is 32.2. The summed E-state index contributed by atoms with van der Waals surface area (Å²) in [4.78, 5) is 11.4. The number of carbonyl (C=O) groups is 1. The molecule has 1 heterocycles. The first-order valence-electron chi connectivity index (χ1n) is 6.78. The number of rotatable bonds is 5. The molecule has 0 bridgehead atoms. The summed E-state index contributed by atoms with van der Waals surface area (Å²) in [6.45, 7) is 4.51. The van der Waals surface area contributed by atoms with Crippen LogP contribution in [0.2, 0.25) is 0 Å². The summed E-state index contributed by atoms with van der Waals surface area (Å²) in [5.74, 6) is -0.659. The Morgan fingerprint density at radius 2 is 1.79 bits per heavy atom. The zero-order valence-corrected chi connectivity index (χ0v) is 12.2. The fourth-order valence-corrected chi connectivity index (χ4v) is 4.13. The van der Waals surface area contributed by atoms with Gasteiger partial charge in [0.25, 0.3) is 10.2 Å². The van der Waals surface area contributed by atoms with Crippen LogP contribution in [0.1, 0.15) is 39.5 Å². The van der Waals surface area contributed by atoms with E-state index in [9.17, 15) is 18.3 Å². The topological polar surface area (TPSA) is 86.7 Å². The van der Waals surface area contributed by atoms with Gasteiger partial charge in [-0.2, -0.15) is 17.4 Å². The van der Waals surface area contributed by atoms with E-state index in [-0.39, 0.29) is 5.92 Å². The van der Waals surface area contributed by atoms with Gasteiger partial charge in [0.05, 0.1) is 0 Å². The number of hydrogen-bond donors (Lipinski definition) is 2. The van der Waals surface area contributed by atoms with E-state index in [1.165, 1.54) is 11.2 Å². The summed E-state index contributed by atoms with van der Waals surface area (Å²) >= 11 is 0. The van der Waals surface area contributed by atoms with Crippen molar-refractivity contribution < 1.29 is 18.3 Å². The van der Waals surface area contributed by atoms with Gasteiger partial charge in [0.2, 0.25) is 0 Å². The maximum atomic E-state index is 12.3. The Hall–Kier alpha value is -0.660. The number of piperidine rings is 1. The smallest absolute Gasteiger partial charge is 0.324 e. The van der Waals surface area contributed by atoms with E-state index in [0.29, 0.717) is 19.0 Å². The van der Waals surface area contributed by atoms with Crippen LogP contribution in [-0.2, 0) is 15.0 Å². The average Bonchev–Trinajstić information content (AvgIpc) is 3.12. The van der Waals surface area contributed by atoms with Gasteiger partial charge in [-0.05, 0) is 44.4 Å². The fourth-order valence-electron chi connectivity index (χ4n) is 2.52. The van der Waals surface area contributed by atoms with E-state index in [1.54, 1.807) is 0 Å². The largest absolute Gasteiger partial charge is 0.480 e. The van der Waals surface area contributed by atoms with Crippen molar-refractivity contribution in [2.75, 3.05) is 13.1 Å². The fraction of sp³-hybridized carbons (Fsp3) is 0.917.